The summed E-state index contributed by atoms with van der Waals surface area (Å²) in [6.45, 7) is 0.929. The van der Waals surface area contributed by atoms with E-state index in [1.165, 1.54) is 6.92 Å². The van der Waals surface area contributed by atoms with Crippen LogP contribution in [0.1, 0.15) is 6.92 Å². The molecule has 5 heteroatoms. The summed E-state index contributed by atoms with van der Waals surface area (Å²) in [5.41, 5.74) is 0. The smallest absolute Gasteiger partial charge is 0.290 e. The lowest BCUT2D eigenvalue weighted by atomic mass is 10.5. The van der Waals surface area contributed by atoms with Gasteiger partial charge in [0.05, 0.1) is 12.0 Å². The Morgan fingerprint density at radius 2 is 2.00 bits per heavy atom. The number of hydrogen-bond acceptors (Lipinski definition) is 1. The van der Waals surface area contributed by atoms with E-state index in [2.05, 4.69) is 4.74 Å². The molecule has 0 aromatic heterocycles. The van der Waals surface area contributed by atoms with Gasteiger partial charge in [0, 0.05) is 0 Å². The Bertz CT molecular complexity index is 80.4. The van der Waals surface area contributed by atoms with Crippen LogP contribution in [-0.2, 0) is 4.74 Å². The van der Waals surface area contributed by atoms with Crippen LogP contribution in [-0.4, -0.2) is 18.3 Å². The predicted octanol–water partition coefficient (Wildman–Crippen LogP) is 2.15. The molecule has 0 aliphatic heterocycles. The monoisotopic (exact) mass is 162 g/mol. The molecule has 0 aliphatic rings. The highest BCUT2D eigenvalue weighted by atomic mass is 35.5. The molecule has 0 aromatic rings. The summed E-state index contributed by atoms with van der Waals surface area (Å²) in [5, 5.41) is -0.605. The van der Waals surface area contributed by atoms with E-state index in [0.29, 0.717) is 0 Å². The third kappa shape index (κ3) is 8.04. The van der Waals surface area contributed by atoms with E-state index < -0.39 is 18.3 Å². The van der Waals surface area contributed by atoms with Crippen LogP contribution in [0.2, 0.25) is 0 Å². The molecule has 1 unspecified atom stereocenters. The summed E-state index contributed by atoms with van der Waals surface area (Å²) in [6, 6.07) is 0. The minimum Gasteiger partial charge on any atom is -0.290 e. The van der Waals surface area contributed by atoms with Gasteiger partial charge < -0.3 is 0 Å². The lowest BCUT2D eigenvalue weighted by Gasteiger charge is -2.07. The first kappa shape index (κ1) is 9.04. The van der Waals surface area contributed by atoms with Gasteiger partial charge in [0.15, 0.2) is 0 Å². The second-order valence-electron chi connectivity index (χ2n) is 1.54. The van der Waals surface area contributed by atoms with Gasteiger partial charge in [-0.15, -0.1) is 24.8 Å². The molecular formula is C4H6ClF3O. The summed E-state index contributed by atoms with van der Waals surface area (Å²) in [5.74, 6) is 0. The van der Waals surface area contributed by atoms with Crippen molar-refractivity contribution in [2.45, 2.75) is 18.7 Å². The Hall–Kier alpha value is 0.0400. The Morgan fingerprint density at radius 1 is 1.56 bits per heavy atom. The molecule has 0 radical (unpaired) electrons. The average molecular weight is 163 g/mol. The van der Waals surface area contributed by atoms with Gasteiger partial charge >= 0.3 is 6.36 Å². The van der Waals surface area contributed by atoms with Crippen molar-refractivity contribution in [2.24, 2.45) is 0 Å². The SMILES string of the molecule is CC(Cl)COC(F)(F)F. The minimum atomic E-state index is -4.55. The van der Waals surface area contributed by atoms with Crippen molar-refractivity contribution in [3.05, 3.63) is 0 Å². The van der Waals surface area contributed by atoms with Crippen molar-refractivity contribution in [1.29, 1.82) is 0 Å². The van der Waals surface area contributed by atoms with Gasteiger partial charge in [0.2, 0.25) is 0 Å². The van der Waals surface area contributed by atoms with E-state index in [9.17, 15) is 13.2 Å². The minimum absolute atomic E-state index is 0.495. The molecule has 1 atom stereocenters. The molecule has 0 amide bonds. The molecule has 9 heavy (non-hydrogen) atoms. The fourth-order valence-corrected chi connectivity index (χ4v) is 0.272. The van der Waals surface area contributed by atoms with Gasteiger partial charge in [0.1, 0.15) is 0 Å². The third-order valence-electron chi connectivity index (χ3n) is 0.477. The Labute approximate surface area is 55.7 Å². The van der Waals surface area contributed by atoms with E-state index >= 15 is 0 Å². The van der Waals surface area contributed by atoms with Crippen molar-refractivity contribution < 1.29 is 17.9 Å². The van der Waals surface area contributed by atoms with Gasteiger partial charge in [-0.3, -0.25) is 4.74 Å². The third-order valence-corrected chi connectivity index (χ3v) is 0.603. The van der Waals surface area contributed by atoms with E-state index in [1.54, 1.807) is 0 Å². The normalized spacial score (nSPS) is 15.7. The zero-order valence-corrected chi connectivity index (χ0v) is 5.46. The number of ether oxygens (including phenoxy) is 1. The maximum atomic E-state index is 11.1. The van der Waals surface area contributed by atoms with E-state index in [4.69, 9.17) is 11.6 Å². The van der Waals surface area contributed by atoms with Crippen LogP contribution >= 0.6 is 11.6 Å². The number of halogens is 4. The average Bonchev–Trinajstić information content (AvgIpc) is 1.59. The molecule has 0 aromatic carbocycles. The number of alkyl halides is 4. The summed E-state index contributed by atoms with van der Waals surface area (Å²) in [7, 11) is 0. The summed E-state index contributed by atoms with van der Waals surface area (Å²) in [6.07, 6.45) is -4.55. The first-order chi connectivity index (χ1) is 3.92. The van der Waals surface area contributed by atoms with Crippen LogP contribution in [0.5, 0.6) is 0 Å². The van der Waals surface area contributed by atoms with Crippen LogP contribution in [0.4, 0.5) is 13.2 Å². The van der Waals surface area contributed by atoms with E-state index in [1.807, 2.05) is 0 Å². The number of rotatable bonds is 2. The van der Waals surface area contributed by atoms with Gasteiger partial charge in [-0.05, 0) is 6.92 Å². The van der Waals surface area contributed by atoms with E-state index in [-0.39, 0.29) is 0 Å². The van der Waals surface area contributed by atoms with Crippen LogP contribution < -0.4 is 0 Å². The van der Waals surface area contributed by atoms with Crippen molar-refractivity contribution in [2.75, 3.05) is 6.61 Å². The largest absolute Gasteiger partial charge is 0.522 e. The van der Waals surface area contributed by atoms with Crippen LogP contribution in [0.25, 0.3) is 0 Å². The van der Waals surface area contributed by atoms with Gasteiger partial charge in [-0.2, -0.15) is 0 Å². The second kappa shape index (κ2) is 3.27. The molecule has 0 fully saturated rings. The molecule has 0 spiro atoms. The summed E-state index contributed by atoms with van der Waals surface area (Å²) >= 11 is 5.16. The van der Waals surface area contributed by atoms with Crippen LogP contribution in [0.15, 0.2) is 0 Å². The Kier molecular flexibility index (Phi) is 3.28. The highest BCUT2D eigenvalue weighted by Crippen LogP contribution is 2.16. The quantitative estimate of drug-likeness (QED) is 0.566. The fourth-order valence-electron chi connectivity index (χ4n) is 0.209. The molecule has 0 saturated heterocycles. The maximum Gasteiger partial charge on any atom is 0.522 e. The molecule has 56 valence electrons. The van der Waals surface area contributed by atoms with Gasteiger partial charge in [0.25, 0.3) is 0 Å². The fraction of sp³-hybridized carbons (Fsp3) is 1.00. The number of hydrogen-bond donors (Lipinski definition) is 0. The first-order valence-corrected chi connectivity index (χ1v) is 2.70. The molecule has 0 N–H and O–H groups in total. The van der Waals surface area contributed by atoms with Gasteiger partial charge in [-0.1, -0.05) is 0 Å². The second-order valence-corrected chi connectivity index (χ2v) is 2.28. The van der Waals surface area contributed by atoms with Crippen molar-refractivity contribution in [3.63, 3.8) is 0 Å². The molecule has 0 heterocycles. The summed E-state index contributed by atoms with van der Waals surface area (Å²) in [4.78, 5) is 0. The molecule has 1 nitrogen and oxygen atoms in total. The highest BCUT2D eigenvalue weighted by molar-refractivity contribution is 6.20. The van der Waals surface area contributed by atoms with Gasteiger partial charge in [-0.25, -0.2) is 0 Å². The lowest BCUT2D eigenvalue weighted by molar-refractivity contribution is -0.324. The molecular weight excluding hydrogens is 156 g/mol. The zero-order chi connectivity index (χ0) is 7.49. The summed E-state index contributed by atoms with van der Waals surface area (Å²) < 4.78 is 36.8. The Balaban J connectivity index is 3.28. The molecule has 0 rings (SSSR count). The Morgan fingerprint density at radius 3 is 2.11 bits per heavy atom. The van der Waals surface area contributed by atoms with Crippen molar-refractivity contribution in [3.8, 4) is 0 Å². The first-order valence-electron chi connectivity index (χ1n) is 2.26. The van der Waals surface area contributed by atoms with Crippen molar-refractivity contribution >= 4 is 11.6 Å². The highest BCUT2D eigenvalue weighted by Gasteiger charge is 2.29. The molecule has 0 bridgehead atoms. The van der Waals surface area contributed by atoms with E-state index in [0.717, 1.165) is 0 Å². The van der Waals surface area contributed by atoms with Crippen LogP contribution in [0, 0.1) is 0 Å². The van der Waals surface area contributed by atoms with Crippen LogP contribution in [0.3, 0.4) is 0 Å². The predicted molar refractivity (Wildman–Crippen MR) is 27.3 cm³/mol. The zero-order valence-electron chi connectivity index (χ0n) is 4.70. The van der Waals surface area contributed by atoms with Crippen molar-refractivity contribution in [1.82, 2.24) is 0 Å². The lowest BCUT2D eigenvalue weighted by Crippen LogP contribution is -2.18. The molecule has 0 aliphatic carbocycles. The topological polar surface area (TPSA) is 9.23 Å². The maximum absolute atomic E-state index is 11.1. The molecule has 0 saturated carbocycles. The standard InChI is InChI=1S/C4H6ClF3O/c1-3(5)2-9-4(6,7)8/h3H,2H2,1H3.